The van der Waals surface area contributed by atoms with Crippen molar-refractivity contribution < 1.29 is 18.0 Å². The van der Waals surface area contributed by atoms with Crippen LogP contribution in [0.4, 0.5) is 13.2 Å². The molecule has 0 unspecified atom stereocenters. The number of nitrogens with one attached hydrogen (secondary N) is 3. The molecule has 0 saturated carbocycles. The number of rotatable bonds is 7. The highest BCUT2D eigenvalue weighted by Gasteiger charge is 2.33. The highest BCUT2D eigenvalue weighted by Crippen LogP contribution is 2.30. The molecule has 3 N–H and O–H groups in total. The molecule has 1 aromatic heterocycles. The number of thiazole rings is 1. The van der Waals surface area contributed by atoms with Crippen LogP contribution in [0.1, 0.15) is 24.5 Å². The molecule has 0 aliphatic heterocycles. The van der Waals surface area contributed by atoms with E-state index in [1.807, 2.05) is 6.92 Å². The first-order valence-corrected chi connectivity index (χ1v) is 7.99. The average Bonchev–Trinajstić information content (AvgIpc) is 2.92. The Kier molecular flexibility index (Phi) is 7.79. The van der Waals surface area contributed by atoms with Gasteiger partial charge in [-0.05, 0) is 6.92 Å². The van der Waals surface area contributed by atoms with E-state index in [0.29, 0.717) is 43.6 Å². The van der Waals surface area contributed by atoms with Crippen molar-refractivity contribution in [3.8, 4) is 0 Å². The second-order valence-electron chi connectivity index (χ2n) is 4.54. The van der Waals surface area contributed by atoms with Crippen LogP contribution >= 0.6 is 11.3 Å². The summed E-state index contributed by atoms with van der Waals surface area (Å²) < 4.78 is 37.3. The van der Waals surface area contributed by atoms with Crippen molar-refractivity contribution in [2.45, 2.75) is 26.4 Å². The van der Waals surface area contributed by atoms with Gasteiger partial charge in [0.05, 0.1) is 5.01 Å². The number of amides is 1. The number of hydrogen-bond acceptors (Lipinski definition) is 4. The van der Waals surface area contributed by atoms with Gasteiger partial charge in [-0.2, -0.15) is 13.2 Å². The van der Waals surface area contributed by atoms with Gasteiger partial charge in [-0.15, -0.1) is 11.3 Å². The molecule has 6 nitrogen and oxygen atoms in total. The third kappa shape index (κ3) is 7.82. The summed E-state index contributed by atoms with van der Waals surface area (Å²) in [5.74, 6) is 0.434. The first-order chi connectivity index (χ1) is 10.8. The number of carbonyl (C=O) groups excluding carboxylic acids is 1. The molecule has 0 radical (unpaired) electrons. The zero-order chi connectivity index (χ0) is 17.3. The highest BCUT2D eigenvalue weighted by molar-refractivity contribution is 7.09. The molecular formula is C13H20F3N5OS. The zero-order valence-electron chi connectivity index (χ0n) is 13.0. The normalized spacial score (nSPS) is 12.1. The molecule has 23 heavy (non-hydrogen) atoms. The molecule has 0 saturated heterocycles. The van der Waals surface area contributed by atoms with E-state index < -0.39 is 11.9 Å². The van der Waals surface area contributed by atoms with Crippen LogP contribution < -0.4 is 16.0 Å². The van der Waals surface area contributed by atoms with Crippen LogP contribution in [0.3, 0.4) is 0 Å². The molecule has 1 rings (SSSR count). The van der Waals surface area contributed by atoms with Gasteiger partial charge >= 0.3 is 6.18 Å². The molecule has 10 heteroatoms. The Hall–Kier alpha value is -1.84. The fraction of sp³-hybridized carbons (Fsp3) is 0.615. The summed E-state index contributed by atoms with van der Waals surface area (Å²) in [4.78, 5) is 18.6. The maximum atomic E-state index is 12.4. The van der Waals surface area contributed by atoms with Crippen LogP contribution in [0.2, 0.25) is 0 Å². The quantitative estimate of drug-likeness (QED) is 0.394. The number of aliphatic imine (C=N–C) groups is 1. The Bertz CT molecular complexity index is 530. The molecule has 0 aliphatic carbocycles. The minimum absolute atomic E-state index is 0.113. The standard InChI is InChI=1S/C13H20F3N5OS/c1-3-17-12(20-7-6-18-9(2)22)19-5-4-11-21-10(8-23-11)13(14,15)16/h8H,3-7H2,1-2H3,(H,18,22)(H2,17,19,20). The molecule has 0 atom stereocenters. The number of alkyl halides is 3. The van der Waals surface area contributed by atoms with E-state index in [-0.39, 0.29) is 5.91 Å². The van der Waals surface area contributed by atoms with Crippen molar-refractivity contribution in [3.63, 3.8) is 0 Å². The molecule has 1 heterocycles. The van der Waals surface area contributed by atoms with Gasteiger partial charge < -0.3 is 16.0 Å². The minimum atomic E-state index is -4.40. The van der Waals surface area contributed by atoms with Gasteiger partial charge in [0.2, 0.25) is 5.91 Å². The van der Waals surface area contributed by atoms with E-state index in [9.17, 15) is 18.0 Å². The Balaban J connectivity index is 2.44. The Morgan fingerprint density at radius 2 is 2.00 bits per heavy atom. The second kappa shape index (κ2) is 9.33. The van der Waals surface area contributed by atoms with E-state index in [1.54, 1.807) is 0 Å². The van der Waals surface area contributed by atoms with E-state index in [0.717, 1.165) is 16.7 Å². The SMILES string of the molecule is CCNC(=NCCc1nc(C(F)(F)F)cs1)NCCNC(C)=O. The van der Waals surface area contributed by atoms with Gasteiger partial charge in [-0.3, -0.25) is 9.79 Å². The van der Waals surface area contributed by atoms with E-state index >= 15 is 0 Å². The monoisotopic (exact) mass is 351 g/mol. The highest BCUT2D eigenvalue weighted by atomic mass is 32.1. The summed E-state index contributed by atoms with van der Waals surface area (Å²) in [6.07, 6.45) is -4.07. The summed E-state index contributed by atoms with van der Waals surface area (Å²) in [7, 11) is 0. The summed E-state index contributed by atoms with van der Waals surface area (Å²) in [5, 5.41) is 10.1. The molecule has 0 aliphatic rings. The number of halogens is 3. The number of carbonyl (C=O) groups is 1. The van der Waals surface area contributed by atoms with E-state index in [4.69, 9.17) is 0 Å². The minimum Gasteiger partial charge on any atom is -0.357 e. The first-order valence-electron chi connectivity index (χ1n) is 7.11. The molecule has 0 aromatic carbocycles. The molecule has 0 bridgehead atoms. The summed E-state index contributed by atoms with van der Waals surface area (Å²) >= 11 is 0.977. The molecular weight excluding hydrogens is 331 g/mol. The van der Waals surface area contributed by atoms with Crippen LogP contribution in [-0.2, 0) is 17.4 Å². The van der Waals surface area contributed by atoms with Crippen molar-refractivity contribution in [1.82, 2.24) is 20.9 Å². The average molecular weight is 351 g/mol. The van der Waals surface area contributed by atoms with E-state index in [2.05, 4.69) is 25.9 Å². The van der Waals surface area contributed by atoms with Crippen LogP contribution in [0.5, 0.6) is 0 Å². The van der Waals surface area contributed by atoms with Gasteiger partial charge in [0.15, 0.2) is 11.7 Å². The zero-order valence-corrected chi connectivity index (χ0v) is 13.8. The van der Waals surface area contributed by atoms with Crippen LogP contribution in [0.25, 0.3) is 0 Å². The van der Waals surface area contributed by atoms with E-state index in [1.165, 1.54) is 6.92 Å². The van der Waals surface area contributed by atoms with Crippen molar-refractivity contribution in [2.75, 3.05) is 26.2 Å². The van der Waals surface area contributed by atoms with Crippen molar-refractivity contribution in [2.24, 2.45) is 4.99 Å². The Morgan fingerprint density at radius 1 is 1.30 bits per heavy atom. The summed E-state index contributed by atoms with van der Waals surface area (Å²) in [5.41, 5.74) is -0.859. The number of aromatic nitrogens is 1. The van der Waals surface area contributed by atoms with Gasteiger partial charge in [0.1, 0.15) is 0 Å². The van der Waals surface area contributed by atoms with Gasteiger partial charge in [0.25, 0.3) is 0 Å². The van der Waals surface area contributed by atoms with Crippen molar-refractivity contribution in [1.29, 1.82) is 0 Å². The number of hydrogen-bond donors (Lipinski definition) is 3. The third-order valence-electron chi connectivity index (χ3n) is 2.57. The molecule has 0 spiro atoms. The predicted molar refractivity (Wildman–Crippen MR) is 83.5 cm³/mol. The fourth-order valence-corrected chi connectivity index (χ4v) is 2.37. The lowest BCUT2D eigenvalue weighted by atomic mass is 10.4. The Labute approximate surface area is 136 Å². The maximum Gasteiger partial charge on any atom is 0.434 e. The van der Waals surface area contributed by atoms with Crippen LogP contribution in [-0.4, -0.2) is 43.0 Å². The first kappa shape index (κ1) is 19.2. The van der Waals surface area contributed by atoms with Gasteiger partial charge in [0, 0.05) is 44.9 Å². The summed E-state index contributed by atoms with van der Waals surface area (Å²) in [6.45, 7) is 5.27. The largest absolute Gasteiger partial charge is 0.434 e. The number of guanidine groups is 1. The fourth-order valence-electron chi connectivity index (χ4n) is 1.58. The lowest BCUT2D eigenvalue weighted by molar-refractivity contribution is -0.140. The topological polar surface area (TPSA) is 78.4 Å². The lowest BCUT2D eigenvalue weighted by Gasteiger charge is -2.11. The second-order valence-corrected chi connectivity index (χ2v) is 5.49. The van der Waals surface area contributed by atoms with Gasteiger partial charge in [-0.1, -0.05) is 0 Å². The van der Waals surface area contributed by atoms with Gasteiger partial charge in [-0.25, -0.2) is 4.98 Å². The number of nitrogens with zero attached hydrogens (tertiary/aromatic N) is 2. The molecule has 130 valence electrons. The van der Waals surface area contributed by atoms with Crippen LogP contribution in [0.15, 0.2) is 10.4 Å². The summed E-state index contributed by atoms with van der Waals surface area (Å²) in [6, 6.07) is 0. The lowest BCUT2D eigenvalue weighted by Crippen LogP contribution is -2.41. The molecule has 0 fully saturated rings. The predicted octanol–water partition coefficient (Wildman–Crippen LogP) is 1.40. The Morgan fingerprint density at radius 3 is 2.57 bits per heavy atom. The molecule has 1 amide bonds. The third-order valence-corrected chi connectivity index (χ3v) is 3.48. The van der Waals surface area contributed by atoms with Crippen LogP contribution in [0, 0.1) is 0 Å². The maximum absolute atomic E-state index is 12.4. The van der Waals surface area contributed by atoms with Crippen molar-refractivity contribution in [3.05, 3.63) is 16.1 Å². The molecule has 1 aromatic rings. The smallest absolute Gasteiger partial charge is 0.357 e. The van der Waals surface area contributed by atoms with Crippen molar-refractivity contribution >= 4 is 23.2 Å².